The van der Waals surface area contributed by atoms with Crippen molar-refractivity contribution in [2.45, 2.75) is 24.3 Å². The molecule has 1 fully saturated rings. The molecule has 0 bridgehead atoms. The van der Waals surface area contributed by atoms with Crippen LogP contribution < -0.4 is 0 Å². The number of aryl methyl sites for hydroxylation is 1. The molecule has 0 saturated carbocycles. The number of benzene rings is 1. The second kappa shape index (κ2) is 4.35. The zero-order valence-electron chi connectivity index (χ0n) is 10.4. The lowest BCUT2D eigenvalue weighted by molar-refractivity contribution is -0.0669. The Morgan fingerprint density at radius 2 is 2.12 bits per heavy atom. The summed E-state index contributed by atoms with van der Waals surface area (Å²) in [5.41, 5.74) is 1.02. The maximum absolute atomic E-state index is 12.2. The molecule has 0 spiro atoms. The third kappa shape index (κ3) is 2.48. The summed E-state index contributed by atoms with van der Waals surface area (Å²) in [6, 6.07) is 5.91. The Kier molecular flexibility index (Phi) is 3.19. The minimum absolute atomic E-state index is 0.0184. The number of thioether (sulfide) groups is 1. The maximum atomic E-state index is 12.2. The lowest BCUT2D eigenvalue weighted by Gasteiger charge is -2.44. The molecular weight excluding hydrogens is 234 g/mol. The molecule has 2 rings (SSSR count). The van der Waals surface area contributed by atoms with Gasteiger partial charge in [-0.05, 0) is 37.8 Å². The molecule has 92 valence electrons. The van der Waals surface area contributed by atoms with Crippen LogP contribution in [0.5, 0.6) is 0 Å². The second-order valence-corrected chi connectivity index (χ2v) is 5.72. The van der Waals surface area contributed by atoms with Crippen LogP contribution in [0.4, 0.5) is 0 Å². The van der Waals surface area contributed by atoms with Crippen molar-refractivity contribution in [3.63, 3.8) is 0 Å². The summed E-state index contributed by atoms with van der Waals surface area (Å²) in [5.74, 6) is 0.0184. The van der Waals surface area contributed by atoms with Gasteiger partial charge in [0.25, 0.3) is 5.91 Å². The first-order chi connectivity index (χ1) is 7.93. The summed E-state index contributed by atoms with van der Waals surface area (Å²) >= 11 is 1.63. The van der Waals surface area contributed by atoms with E-state index in [9.17, 15) is 9.90 Å². The SMILES string of the molecule is CSc1ccc(C)c(C(=O)N2CC(C)(O)C2)c1. The number of β-amino-alcohol motifs (C(OH)–C–C–N with tert-alkyl or cyclic N) is 1. The highest BCUT2D eigenvalue weighted by atomic mass is 32.2. The highest BCUT2D eigenvalue weighted by Gasteiger charge is 2.39. The highest BCUT2D eigenvalue weighted by molar-refractivity contribution is 7.98. The molecule has 1 aliphatic rings. The first-order valence-electron chi connectivity index (χ1n) is 5.59. The van der Waals surface area contributed by atoms with Crippen molar-refractivity contribution in [1.82, 2.24) is 4.90 Å². The maximum Gasteiger partial charge on any atom is 0.254 e. The fourth-order valence-corrected chi connectivity index (χ4v) is 2.49. The van der Waals surface area contributed by atoms with Crippen LogP contribution in [-0.2, 0) is 0 Å². The number of carbonyl (C=O) groups excluding carboxylic acids is 1. The van der Waals surface area contributed by atoms with Gasteiger partial charge in [0.15, 0.2) is 0 Å². The summed E-state index contributed by atoms with van der Waals surface area (Å²) in [6.07, 6.45) is 1.99. The number of hydrogen-bond acceptors (Lipinski definition) is 3. The molecule has 17 heavy (non-hydrogen) atoms. The van der Waals surface area contributed by atoms with Gasteiger partial charge in [-0.3, -0.25) is 4.79 Å². The minimum Gasteiger partial charge on any atom is -0.386 e. The quantitative estimate of drug-likeness (QED) is 0.816. The molecule has 0 radical (unpaired) electrons. The zero-order chi connectivity index (χ0) is 12.6. The van der Waals surface area contributed by atoms with Gasteiger partial charge in [0.2, 0.25) is 0 Å². The van der Waals surface area contributed by atoms with Gasteiger partial charge in [-0.25, -0.2) is 0 Å². The van der Waals surface area contributed by atoms with Crippen molar-refractivity contribution in [3.8, 4) is 0 Å². The Hall–Kier alpha value is -1.00. The summed E-state index contributed by atoms with van der Waals surface area (Å²) in [7, 11) is 0. The Morgan fingerprint density at radius 1 is 1.47 bits per heavy atom. The van der Waals surface area contributed by atoms with Crippen molar-refractivity contribution in [2.75, 3.05) is 19.3 Å². The fraction of sp³-hybridized carbons (Fsp3) is 0.462. The third-order valence-electron chi connectivity index (χ3n) is 3.03. The normalized spacial score (nSPS) is 17.8. The molecule has 1 aliphatic heterocycles. The first kappa shape index (κ1) is 12.5. The molecule has 1 N–H and O–H groups in total. The zero-order valence-corrected chi connectivity index (χ0v) is 11.2. The van der Waals surface area contributed by atoms with Crippen LogP contribution in [-0.4, -0.2) is 40.9 Å². The molecule has 0 aromatic heterocycles. The highest BCUT2D eigenvalue weighted by Crippen LogP contribution is 2.25. The van der Waals surface area contributed by atoms with Crippen LogP contribution in [0.2, 0.25) is 0 Å². The summed E-state index contributed by atoms with van der Waals surface area (Å²) in [5, 5.41) is 9.65. The number of likely N-dealkylation sites (tertiary alicyclic amines) is 1. The van der Waals surface area contributed by atoms with Gasteiger partial charge in [-0.1, -0.05) is 6.07 Å². The molecule has 3 nitrogen and oxygen atoms in total. The van der Waals surface area contributed by atoms with Crippen LogP contribution in [0.1, 0.15) is 22.8 Å². The number of rotatable bonds is 2. The number of hydrogen-bond donors (Lipinski definition) is 1. The van der Waals surface area contributed by atoms with Crippen molar-refractivity contribution >= 4 is 17.7 Å². The van der Waals surface area contributed by atoms with Crippen LogP contribution >= 0.6 is 11.8 Å². The van der Waals surface area contributed by atoms with Gasteiger partial charge in [-0.15, -0.1) is 11.8 Å². The monoisotopic (exact) mass is 251 g/mol. The predicted molar refractivity (Wildman–Crippen MR) is 69.5 cm³/mol. The van der Waals surface area contributed by atoms with E-state index in [-0.39, 0.29) is 5.91 Å². The lowest BCUT2D eigenvalue weighted by atomic mass is 9.95. The van der Waals surface area contributed by atoms with Crippen LogP contribution in [0, 0.1) is 6.92 Å². The number of amides is 1. The van der Waals surface area contributed by atoms with Crippen molar-refractivity contribution in [3.05, 3.63) is 29.3 Å². The number of nitrogens with zero attached hydrogens (tertiary/aromatic N) is 1. The van der Waals surface area contributed by atoms with Crippen molar-refractivity contribution in [2.24, 2.45) is 0 Å². The third-order valence-corrected chi connectivity index (χ3v) is 3.75. The fourth-order valence-electron chi connectivity index (χ4n) is 2.05. The average molecular weight is 251 g/mol. The minimum atomic E-state index is -0.708. The van der Waals surface area contributed by atoms with E-state index in [1.807, 2.05) is 31.4 Å². The van der Waals surface area contributed by atoms with E-state index in [0.717, 1.165) is 16.0 Å². The molecule has 1 heterocycles. The Balaban J connectivity index is 2.20. The van der Waals surface area contributed by atoms with E-state index in [1.54, 1.807) is 23.6 Å². The number of carbonyl (C=O) groups is 1. The molecule has 4 heteroatoms. The lowest BCUT2D eigenvalue weighted by Crippen LogP contribution is -2.61. The van der Waals surface area contributed by atoms with Gasteiger partial charge < -0.3 is 10.0 Å². The molecule has 0 unspecified atom stereocenters. The topological polar surface area (TPSA) is 40.5 Å². The average Bonchev–Trinajstić information content (AvgIpc) is 2.25. The molecule has 1 amide bonds. The molecule has 1 aromatic rings. The summed E-state index contributed by atoms with van der Waals surface area (Å²) in [4.78, 5) is 15.0. The Labute approximate surface area is 106 Å². The smallest absolute Gasteiger partial charge is 0.254 e. The molecular formula is C13H17NO2S. The molecule has 0 atom stereocenters. The molecule has 0 aliphatic carbocycles. The van der Waals surface area contributed by atoms with E-state index < -0.39 is 5.60 Å². The van der Waals surface area contributed by atoms with Gasteiger partial charge in [-0.2, -0.15) is 0 Å². The van der Waals surface area contributed by atoms with Crippen LogP contribution in [0.25, 0.3) is 0 Å². The van der Waals surface area contributed by atoms with E-state index in [4.69, 9.17) is 0 Å². The second-order valence-electron chi connectivity index (χ2n) is 4.84. The van der Waals surface area contributed by atoms with E-state index in [0.29, 0.717) is 13.1 Å². The van der Waals surface area contributed by atoms with Crippen molar-refractivity contribution in [1.29, 1.82) is 0 Å². The van der Waals surface area contributed by atoms with Gasteiger partial charge in [0.1, 0.15) is 0 Å². The Bertz CT molecular complexity index is 449. The Morgan fingerprint density at radius 3 is 2.65 bits per heavy atom. The van der Waals surface area contributed by atoms with Gasteiger partial charge in [0, 0.05) is 10.5 Å². The van der Waals surface area contributed by atoms with Gasteiger partial charge >= 0.3 is 0 Å². The van der Waals surface area contributed by atoms with Crippen LogP contribution in [0.3, 0.4) is 0 Å². The van der Waals surface area contributed by atoms with E-state index >= 15 is 0 Å². The summed E-state index contributed by atoms with van der Waals surface area (Å²) in [6.45, 7) is 4.54. The summed E-state index contributed by atoms with van der Waals surface area (Å²) < 4.78 is 0. The standard InChI is InChI=1S/C13H17NO2S/c1-9-4-5-10(17-3)6-11(9)12(15)14-7-13(2,16)8-14/h4-6,16H,7-8H2,1-3H3. The van der Waals surface area contributed by atoms with Crippen LogP contribution in [0.15, 0.2) is 23.1 Å². The largest absolute Gasteiger partial charge is 0.386 e. The molecule has 1 aromatic carbocycles. The molecule has 1 saturated heterocycles. The first-order valence-corrected chi connectivity index (χ1v) is 6.82. The van der Waals surface area contributed by atoms with E-state index in [2.05, 4.69) is 0 Å². The van der Waals surface area contributed by atoms with Crippen molar-refractivity contribution < 1.29 is 9.90 Å². The predicted octanol–water partition coefficient (Wildman–Crippen LogP) is 1.92. The number of aliphatic hydroxyl groups is 1. The van der Waals surface area contributed by atoms with Gasteiger partial charge in [0.05, 0.1) is 18.7 Å². The van der Waals surface area contributed by atoms with E-state index in [1.165, 1.54) is 0 Å².